The molecule has 0 atom stereocenters. The summed E-state index contributed by atoms with van der Waals surface area (Å²) in [6.07, 6.45) is 1.64. The van der Waals surface area contributed by atoms with Crippen LogP contribution in [0.2, 0.25) is 0 Å². The van der Waals surface area contributed by atoms with Crippen LogP contribution in [0.25, 0.3) is 6.08 Å². The third kappa shape index (κ3) is 4.66. The lowest BCUT2D eigenvalue weighted by atomic mass is 10.2. The molecule has 1 amide bonds. The zero-order valence-corrected chi connectivity index (χ0v) is 19.3. The number of nitrogens with zero attached hydrogens (tertiary/aromatic N) is 3. The summed E-state index contributed by atoms with van der Waals surface area (Å²) in [6, 6.07) is 24.1. The van der Waals surface area contributed by atoms with E-state index in [1.165, 1.54) is 4.68 Å². The fourth-order valence-electron chi connectivity index (χ4n) is 3.29. The first kappa shape index (κ1) is 21.7. The van der Waals surface area contributed by atoms with Crippen LogP contribution < -0.4 is 20.9 Å². The first-order valence-corrected chi connectivity index (χ1v) is 11.6. The minimum atomic E-state index is -0.416. The quantitative estimate of drug-likeness (QED) is 0.400. The third-order valence-electron chi connectivity index (χ3n) is 5.00. The van der Waals surface area contributed by atoms with E-state index in [0.717, 1.165) is 27.6 Å². The molecule has 0 aliphatic carbocycles. The number of para-hydroxylation sites is 2. The topological polar surface area (TPSA) is 88.2 Å². The fraction of sp³-hybridized carbons (Fsp3) is 0.0400. The minimum absolute atomic E-state index is 0.181. The van der Waals surface area contributed by atoms with Gasteiger partial charge in [-0.25, -0.2) is 9.98 Å². The van der Waals surface area contributed by atoms with E-state index in [4.69, 9.17) is 17.0 Å². The number of aromatic nitrogens is 1. The van der Waals surface area contributed by atoms with Gasteiger partial charge in [-0.1, -0.05) is 53.8 Å². The van der Waals surface area contributed by atoms with Crippen LogP contribution in [0.15, 0.2) is 94.7 Å². The summed E-state index contributed by atoms with van der Waals surface area (Å²) in [6.45, 7) is 0.437. The van der Waals surface area contributed by atoms with Gasteiger partial charge in [-0.2, -0.15) is 4.68 Å². The van der Waals surface area contributed by atoms with Crippen molar-refractivity contribution in [3.05, 3.63) is 115 Å². The summed E-state index contributed by atoms with van der Waals surface area (Å²) in [5.41, 5.74) is 4.09. The number of benzene rings is 3. The molecule has 1 aliphatic heterocycles. The second kappa shape index (κ2) is 9.42. The largest absolute Gasteiger partial charge is 0.492 e. The summed E-state index contributed by atoms with van der Waals surface area (Å²) in [7, 11) is 0. The van der Waals surface area contributed by atoms with Crippen molar-refractivity contribution in [2.75, 3.05) is 5.43 Å². The molecule has 1 aliphatic rings. The SMILES string of the molecule is O=C(Nn1c(O)c(C=C2N=c3ccccc3=N2)sc1=S)c1ccc(OCc2ccccc2)cc1. The van der Waals surface area contributed by atoms with Gasteiger partial charge in [0.05, 0.1) is 15.6 Å². The van der Waals surface area contributed by atoms with Gasteiger partial charge in [0.2, 0.25) is 5.88 Å². The molecule has 0 bridgehead atoms. The van der Waals surface area contributed by atoms with E-state index in [1.807, 2.05) is 54.6 Å². The molecule has 0 saturated heterocycles. The molecule has 5 rings (SSSR count). The van der Waals surface area contributed by atoms with Gasteiger partial charge in [-0.05, 0) is 54.2 Å². The predicted molar refractivity (Wildman–Crippen MR) is 132 cm³/mol. The van der Waals surface area contributed by atoms with Crippen molar-refractivity contribution in [2.45, 2.75) is 6.61 Å². The maximum absolute atomic E-state index is 12.7. The zero-order chi connectivity index (χ0) is 23.5. The van der Waals surface area contributed by atoms with Gasteiger partial charge in [0.25, 0.3) is 5.91 Å². The maximum Gasteiger partial charge on any atom is 0.270 e. The van der Waals surface area contributed by atoms with Gasteiger partial charge in [0.15, 0.2) is 9.78 Å². The van der Waals surface area contributed by atoms with Crippen LogP contribution in [0.1, 0.15) is 20.8 Å². The molecule has 0 spiro atoms. The normalized spacial score (nSPS) is 11.8. The van der Waals surface area contributed by atoms with E-state index in [2.05, 4.69) is 15.4 Å². The minimum Gasteiger partial charge on any atom is -0.492 e. The van der Waals surface area contributed by atoms with Crippen molar-refractivity contribution < 1.29 is 14.6 Å². The molecular formula is C25H18N4O3S2. The molecule has 2 heterocycles. The van der Waals surface area contributed by atoms with Gasteiger partial charge in [0.1, 0.15) is 12.4 Å². The highest BCUT2D eigenvalue weighted by Gasteiger charge is 2.15. The number of hydrogen-bond acceptors (Lipinski definition) is 7. The smallest absolute Gasteiger partial charge is 0.270 e. The van der Waals surface area contributed by atoms with Crippen molar-refractivity contribution in [1.29, 1.82) is 0 Å². The Hall–Kier alpha value is -4.08. The number of carbonyl (C=O) groups excluding carboxylic acids is 1. The molecule has 3 aromatic carbocycles. The highest BCUT2D eigenvalue weighted by molar-refractivity contribution is 7.73. The lowest BCUT2D eigenvalue weighted by Crippen LogP contribution is -2.22. The van der Waals surface area contributed by atoms with Crippen LogP contribution in [0.5, 0.6) is 11.6 Å². The van der Waals surface area contributed by atoms with Crippen molar-refractivity contribution in [3.8, 4) is 11.6 Å². The van der Waals surface area contributed by atoms with Gasteiger partial charge >= 0.3 is 0 Å². The molecule has 0 fully saturated rings. The van der Waals surface area contributed by atoms with E-state index in [0.29, 0.717) is 28.6 Å². The molecule has 9 heteroatoms. The molecule has 2 N–H and O–H groups in total. The number of fused-ring (bicyclic) bond motifs is 1. The molecule has 0 radical (unpaired) electrons. The van der Waals surface area contributed by atoms with Gasteiger partial charge in [-0.15, -0.1) is 0 Å². The number of amides is 1. The summed E-state index contributed by atoms with van der Waals surface area (Å²) in [5.74, 6) is 0.507. The summed E-state index contributed by atoms with van der Waals surface area (Å²) in [5, 5.41) is 12.2. The van der Waals surface area contributed by atoms with Gasteiger partial charge in [0, 0.05) is 11.6 Å². The van der Waals surface area contributed by atoms with E-state index in [-0.39, 0.29) is 9.83 Å². The Kier molecular flexibility index (Phi) is 6.03. The maximum atomic E-state index is 12.7. The Morgan fingerprint density at radius 3 is 2.32 bits per heavy atom. The second-order valence-corrected chi connectivity index (χ2v) is 9.02. The predicted octanol–water partition coefficient (Wildman–Crippen LogP) is 4.20. The first-order valence-electron chi connectivity index (χ1n) is 10.3. The molecule has 1 aromatic heterocycles. The summed E-state index contributed by atoms with van der Waals surface area (Å²) < 4.78 is 7.22. The van der Waals surface area contributed by atoms with Gasteiger partial charge < -0.3 is 9.84 Å². The molecule has 4 aromatic rings. The number of hydrogen-bond donors (Lipinski definition) is 2. The van der Waals surface area contributed by atoms with Crippen molar-refractivity contribution in [3.63, 3.8) is 0 Å². The van der Waals surface area contributed by atoms with Crippen LogP contribution >= 0.6 is 23.6 Å². The molecule has 168 valence electrons. The molecule has 34 heavy (non-hydrogen) atoms. The number of thiazole rings is 1. The van der Waals surface area contributed by atoms with E-state index >= 15 is 0 Å². The number of carbonyl (C=O) groups is 1. The number of nitrogens with one attached hydrogen (secondary N) is 1. The standard InChI is InChI=1S/C25H18N4O3S2/c30-23(17-10-12-18(13-11-17)32-15-16-6-2-1-3-7-16)28-29-24(31)21(34-25(29)33)14-22-26-19-8-4-5-9-20(19)27-22/h1-14,31H,15H2,(H,28,30). The first-order chi connectivity index (χ1) is 16.6. The Balaban J connectivity index is 1.29. The van der Waals surface area contributed by atoms with Crippen LogP contribution in [-0.2, 0) is 6.61 Å². The molecular weight excluding hydrogens is 468 g/mol. The highest BCUT2D eigenvalue weighted by Crippen LogP contribution is 2.28. The Morgan fingerprint density at radius 1 is 1.00 bits per heavy atom. The number of ether oxygens (including phenoxy) is 1. The van der Waals surface area contributed by atoms with Crippen molar-refractivity contribution in [1.82, 2.24) is 4.68 Å². The second-order valence-electron chi connectivity index (χ2n) is 7.35. The van der Waals surface area contributed by atoms with Crippen molar-refractivity contribution in [2.24, 2.45) is 9.98 Å². The Morgan fingerprint density at radius 2 is 1.65 bits per heavy atom. The van der Waals surface area contributed by atoms with Crippen LogP contribution in [0, 0.1) is 3.95 Å². The van der Waals surface area contributed by atoms with E-state index < -0.39 is 5.91 Å². The summed E-state index contributed by atoms with van der Waals surface area (Å²) in [4.78, 5) is 22.0. The van der Waals surface area contributed by atoms with E-state index in [9.17, 15) is 9.90 Å². The van der Waals surface area contributed by atoms with Crippen molar-refractivity contribution >= 4 is 35.5 Å². The van der Waals surface area contributed by atoms with Gasteiger partial charge in [-0.3, -0.25) is 10.2 Å². The lowest BCUT2D eigenvalue weighted by molar-refractivity contribution is 0.101. The Labute approximate surface area is 203 Å². The summed E-state index contributed by atoms with van der Waals surface area (Å²) >= 11 is 6.48. The molecule has 0 unspecified atom stereocenters. The van der Waals surface area contributed by atoms with Crippen LogP contribution in [0.4, 0.5) is 0 Å². The fourth-order valence-corrected chi connectivity index (χ4v) is 4.45. The third-order valence-corrected chi connectivity index (χ3v) is 6.31. The van der Waals surface area contributed by atoms with E-state index in [1.54, 1.807) is 30.3 Å². The average Bonchev–Trinajstić information content (AvgIpc) is 3.39. The number of aromatic hydroxyl groups is 1. The van der Waals surface area contributed by atoms with Crippen LogP contribution in [0.3, 0.4) is 0 Å². The molecule has 0 saturated carbocycles. The lowest BCUT2D eigenvalue weighted by Gasteiger charge is -2.09. The Bertz CT molecular complexity index is 1540. The number of rotatable bonds is 6. The highest BCUT2D eigenvalue weighted by atomic mass is 32.1. The average molecular weight is 487 g/mol. The monoisotopic (exact) mass is 486 g/mol. The zero-order valence-electron chi connectivity index (χ0n) is 17.7. The molecule has 7 nitrogen and oxygen atoms in total. The van der Waals surface area contributed by atoms with Crippen LogP contribution in [-0.4, -0.2) is 15.7 Å².